The highest BCUT2D eigenvalue weighted by Gasteiger charge is 2.55. The Kier molecular flexibility index (Phi) is 1.81. The summed E-state index contributed by atoms with van der Waals surface area (Å²) in [5.74, 6) is -0.410. The fraction of sp³-hybridized carbons (Fsp3) is 0.875. The van der Waals surface area contributed by atoms with Crippen LogP contribution in [0.5, 0.6) is 0 Å². The van der Waals surface area contributed by atoms with Gasteiger partial charge < -0.3 is 15.5 Å². The van der Waals surface area contributed by atoms with Crippen molar-refractivity contribution in [3.63, 3.8) is 0 Å². The van der Waals surface area contributed by atoms with Gasteiger partial charge in [0.2, 0.25) is 0 Å². The molecule has 0 aromatic rings. The van der Waals surface area contributed by atoms with Gasteiger partial charge >= 0.3 is 5.97 Å². The molecule has 0 bridgehead atoms. The first-order valence-corrected chi connectivity index (χ1v) is 4.30. The Morgan fingerprint density at radius 2 is 2.08 bits per heavy atom. The van der Waals surface area contributed by atoms with Crippen LogP contribution in [0.25, 0.3) is 0 Å². The van der Waals surface area contributed by atoms with Gasteiger partial charge in [-0.05, 0) is 30.8 Å². The average molecular weight is 171 g/mol. The van der Waals surface area contributed by atoms with Gasteiger partial charge in [-0.15, -0.1) is 0 Å². The van der Waals surface area contributed by atoms with Gasteiger partial charge in [0.1, 0.15) is 0 Å². The quantitative estimate of drug-likeness (QED) is 0.506. The van der Waals surface area contributed by atoms with Gasteiger partial charge in [-0.3, -0.25) is 4.79 Å². The van der Waals surface area contributed by atoms with Crippen LogP contribution in [0.4, 0.5) is 0 Å². The summed E-state index contributed by atoms with van der Waals surface area (Å²) in [6, 6.07) is 0. The van der Waals surface area contributed by atoms with Gasteiger partial charge in [0.15, 0.2) is 0 Å². The van der Waals surface area contributed by atoms with Crippen LogP contribution >= 0.6 is 0 Å². The van der Waals surface area contributed by atoms with Gasteiger partial charge in [0.25, 0.3) is 0 Å². The third kappa shape index (κ3) is 0.881. The van der Waals surface area contributed by atoms with Gasteiger partial charge in [-0.2, -0.15) is 0 Å². The van der Waals surface area contributed by atoms with Gasteiger partial charge in [0, 0.05) is 6.61 Å². The molecule has 1 saturated heterocycles. The van der Waals surface area contributed by atoms with Crippen molar-refractivity contribution >= 4 is 5.97 Å². The topological polar surface area (TPSA) is 69.6 Å². The van der Waals surface area contributed by atoms with Crippen molar-refractivity contribution in [1.82, 2.24) is 5.32 Å². The summed E-state index contributed by atoms with van der Waals surface area (Å²) in [6.07, 6.45) is 0. The number of aliphatic hydroxyl groups excluding tert-OH is 1. The summed E-state index contributed by atoms with van der Waals surface area (Å²) in [7, 11) is 0. The smallest absolute Gasteiger partial charge is 0.307 e. The molecule has 4 heteroatoms. The standard InChI is InChI=1S/C8H13NO3/c10-3-6-4-1-9-2-5(4)7(6)8(11)12/h4-7,9-10H,1-3H2,(H,11,12)/t4-,5+,6+,7-/m0/s1. The summed E-state index contributed by atoms with van der Waals surface area (Å²) < 4.78 is 0. The predicted octanol–water partition coefficient (Wildman–Crippen LogP) is -0.855. The first-order chi connectivity index (χ1) is 5.75. The monoisotopic (exact) mass is 171 g/mol. The van der Waals surface area contributed by atoms with Crippen LogP contribution in [-0.4, -0.2) is 35.9 Å². The summed E-state index contributed by atoms with van der Waals surface area (Å²) >= 11 is 0. The zero-order chi connectivity index (χ0) is 8.72. The van der Waals surface area contributed by atoms with E-state index in [0.29, 0.717) is 5.92 Å². The van der Waals surface area contributed by atoms with Crippen molar-refractivity contribution in [2.24, 2.45) is 23.7 Å². The molecule has 1 aliphatic carbocycles. The lowest BCUT2D eigenvalue weighted by Crippen LogP contribution is -2.51. The average Bonchev–Trinajstić information content (AvgIpc) is 2.34. The molecule has 0 unspecified atom stereocenters. The number of nitrogens with one attached hydrogen (secondary N) is 1. The zero-order valence-electron chi connectivity index (χ0n) is 6.73. The lowest BCUT2D eigenvalue weighted by atomic mass is 9.58. The third-order valence-corrected chi connectivity index (χ3v) is 3.28. The number of carboxylic acid groups (broad SMARTS) is 1. The molecule has 12 heavy (non-hydrogen) atoms. The summed E-state index contributed by atoms with van der Waals surface area (Å²) in [4.78, 5) is 10.8. The van der Waals surface area contributed by atoms with Crippen LogP contribution in [0.3, 0.4) is 0 Å². The number of fused-ring (bicyclic) bond motifs is 1. The minimum Gasteiger partial charge on any atom is -0.481 e. The van der Waals surface area contributed by atoms with E-state index in [4.69, 9.17) is 10.2 Å². The first kappa shape index (κ1) is 8.01. The molecule has 0 spiro atoms. The van der Waals surface area contributed by atoms with E-state index in [1.165, 1.54) is 0 Å². The minimum atomic E-state index is -0.751. The van der Waals surface area contributed by atoms with Crippen LogP contribution in [0.2, 0.25) is 0 Å². The Balaban J connectivity index is 2.08. The molecule has 2 aliphatic rings. The van der Waals surface area contributed by atoms with E-state index in [9.17, 15) is 4.79 Å². The summed E-state index contributed by atoms with van der Waals surface area (Å²) in [6.45, 7) is 1.69. The molecular weight excluding hydrogens is 158 g/mol. The van der Waals surface area contributed by atoms with Crippen molar-refractivity contribution in [2.45, 2.75) is 0 Å². The Morgan fingerprint density at radius 3 is 2.67 bits per heavy atom. The first-order valence-electron chi connectivity index (χ1n) is 4.30. The molecular formula is C8H13NO3. The maximum absolute atomic E-state index is 10.8. The van der Waals surface area contributed by atoms with Gasteiger partial charge in [-0.25, -0.2) is 0 Å². The zero-order valence-corrected chi connectivity index (χ0v) is 6.73. The maximum Gasteiger partial charge on any atom is 0.307 e. The highest BCUT2D eigenvalue weighted by molar-refractivity contribution is 5.72. The largest absolute Gasteiger partial charge is 0.481 e. The molecule has 1 saturated carbocycles. The molecule has 0 aromatic heterocycles. The van der Waals surface area contributed by atoms with Crippen molar-refractivity contribution < 1.29 is 15.0 Å². The number of aliphatic hydroxyl groups is 1. The van der Waals surface area contributed by atoms with Crippen LogP contribution in [0.15, 0.2) is 0 Å². The van der Waals surface area contributed by atoms with E-state index in [1.54, 1.807) is 0 Å². The fourth-order valence-corrected chi connectivity index (χ4v) is 2.64. The van der Waals surface area contributed by atoms with Crippen LogP contribution in [0, 0.1) is 23.7 Å². The number of aliphatic carboxylic acids is 1. The highest BCUT2D eigenvalue weighted by atomic mass is 16.4. The van der Waals surface area contributed by atoms with Gasteiger partial charge in [-0.1, -0.05) is 0 Å². The maximum atomic E-state index is 10.8. The minimum absolute atomic E-state index is 0.0116. The van der Waals surface area contributed by atoms with Crippen molar-refractivity contribution in [1.29, 1.82) is 0 Å². The van der Waals surface area contributed by atoms with E-state index in [2.05, 4.69) is 5.32 Å². The molecule has 2 rings (SSSR count). The van der Waals surface area contributed by atoms with Crippen molar-refractivity contribution in [3.05, 3.63) is 0 Å². The normalized spacial score (nSPS) is 45.1. The number of hydrogen-bond donors (Lipinski definition) is 3. The van der Waals surface area contributed by atoms with E-state index in [0.717, 1.165) is 13.1 Å². The van der Waals surface area contributed by atoms with E-state index >= 15 is 0 Å². The molecule has 0 amide bonds. The molecule has 3 N–H and O–H groups in total. The number of hydrogen-bond acceptors (Lipinski definition) is 3. The lowest BCUT2D eigenvalue weighted by molar-refractivity contribution is -0.158. The Bertz CT molecular complexity index is 206. The molecule has 68 valence electrons. The van der Waals surface area contributed by atoms with Crippen LogP contribution < -0.4 is 5.32 Å². The second-order valence-electron chi connectivity index (χ2n) is 3.70. The number of rotatable bonds is 2. The van der Waals surface area contributed by atoms with Crippen molar-refractivity contribution in [3.8, 4) is 0 Å². The SMILES string of the molecule is O=C(O)[C@@H]1[C@H](CO)[C@H]2CNC[C@H]21. The molecule has 1 heterocycles. The molecule has 2 fully saturated rings. The van der Waals surface area contributed by atoms with Crippen LogP contribution in [0.1, 0.15) is 0 Å². The Labute approximate surface area is 70.6 Å². The molecule has 1 aliphatic heterocycles. The lowest BCUT2D eigenvalue weighted by Gasteiger charge is -2.44. The Hall–Kier alpha value is -0.610. The number of carboxylic acids is 1. The molecule has 4 nitrogen and oxygen atoms in total. The third-order valence-electron chi connectivity index (χ3n) is 3.28. The van der Waals surface area contributed by atoms with E-state index in [-0.39, 0.29) is 24.4 Å². The Morgan fingerprint density at radius 1 is 1.42 bits per heavy atom. The molecule has 0 radical (unpaired) electrons. The second kappa shape index (κ2) is 2.71. The predicted molar refractivity (Wildman–Crippen MR) is 41.6 cm³/mol. The van der Waals surface area contributed by atoms with Crippen LogP contribution in [-0.2, 0) is 4.79 Å². The van der Waals surface area contributed by atoms with Crippen molar-refractivity contribution in [2.75, 3.05) is 19.7 Å². The van der Waals surface area contributed by atoms with E-state index in [1.807, 2.05) is 0 Å². The van der Waals surface area contributed by atoms with Gasteiger partial charge in [0.05, 0.1) is 5.92 Å². The number of carbonyl (C=O) groups is 1. The highest BCUT2D eigenvalue weighted by Crippen LogP contribution is 2.47. The fourth-order valence-electron chi connectivity index (χ4n) is 2.64. The molecule has 4 atom stereocenters. The second-order valence-corrected chi connectivity index (χ2v) is 3.70. The molecule has 0 aromatic carbocycles. The van der Waals surface area contributed by atoms with E-state index < -0.39 is 5.97 Å². The summed E-state index contributed by atoms with van der Waals surface area (Å²) in [5, 5.41) is 21.0. The summed E-state index contributed by atoms with van der Waals surface area (Å²) in [5.41, 5.74) is 0.